The van der Waals surface area contributed by atoms with Gasteiger partial charge in [0.15, 0.2) is 5.78 Å². The van der Waals surface area contributed by atoms with Crippen molar-refractivity contribution in [1.82, 2.24) is 4.48 Å². The van der Waals surface area contributed by atoms with Crippen LogP contribution in [0.2, 0.25) is 0 Å². The van der Waals surface area contributed by atoms with E-state index in [1.165, 1.54) is 16.8 Å². The van der Waals surface area contributed by atoms with Gasteiger partial charge in [0.05, 0.1) is 21.1 Å². The van der Waals surface area contributed by atoms with Crippen molar-refractivity contribution in [1.29, 1.82) is 0 Å². The molecule has 2 heteroatoms. The van der Waals surface area contributed by atoms with Crippen molar-refractivity contribution in [2.45, 2.75) is 40.5 Å². The molecule has 2 aliphatic rings. The second kappa shape index (κ2) is 4.80. The zero-order valence-corrected chi connectivity index (χ0v) is 15.7. The lowest BCUT2D eigenvalue weighted by Gasteiger charge is -2.31. The highest BCUT2D eigenvalue weighted by atomic mass is 16.1. The molecule has 2 fully saturated rings. The van der Waals surface area contributed by atoms with Gasteiger partial charge in [-0.2, -0.15) is 0 Å². The topological polar surface area (TPSA) is 17.1 Å². The number of hydrogen-bond acceptors (Lipinski definition) is 1. The summed E-state index contributed by atoms with van der Waals surface area (Å²) < 4.78 is 0.810. The summed E-state index contributed by atoms with van der Waals surface area (Å²) in [5, 5.41) is 0. The zero-order valence-electron chi connectivity index (χ0n) is 15.7. The highest BCUT2D eigenvalue weighted by Gasteiger charge is 2.63. The monoisotopic (exact) mass is 312 g/mol. The number of nitrogens with zero attached hydrogens (tertiary/aromatic N) is 1. The molecule has 0 amide bonds. The van der Waals surface area contributed by atoms with Gasteiger partial charge in [0, 0.05) is 11.5 Å². The predicted octanol–water partition coefficient (Wildman–Crippen LogP) is 4.60. The Labute approximate surface area is 140 Å². The van der Waals surface area contributed by atoms with E-state index < -0.39 is 0 Å². The second-order valence-corrected chi connectivity index (χ2v) is 9.13. The van der Waals surface area contributed by atoms with Gasteiger partial charge in [-0.25, -0.2) is 0 Å². The molecule has 2 saturated carbocycles. The molecule has 0 radical (unpaired) electrons. The quantitative estimate of drug-likeness (QED) is 0.576. The highest BCUT2D eigenvalue weighted by Crippen LogP contribution is 2.65. The van der Waals surface area contributed by atoms with Crippen LogP contribution in [0.1, 0.15) is 44.7 Å². The van der Waals surface area contributed by atoms with E-state index >= 15 is 0 Å². The number of aryl methyl sites for hydroxylation is 1. The highest BCUT2D eigenvalue weighted by molar-refractivity contribution is 6.08. The SMILES string of the molecule is Cc1cc([N+](C)(C)C)ccc1C=C1C(=O)C2(C)CCC1C2(C)C. The van der Waals surface area contributed by atoms with Crippen LogP contribution in [0.15, 0.2) is 23.8 Å². The van der Waals surface area contributed by atoms with Crippen molar-refractivity contribution in [2.75, 3.05) is 21.1 Å². The van der Waals surface area contributed by atoms with Gasteiger partial charge >= 0.3 is 0 Å². The molecule has 0 heterocycles. The fourth-order valence-corrected chi connectivity index (χ4v) is 4.50. The van der Waals surface area contributed by atoms with Crippen LogP contribution in [-0.2, 0) is 4.79 Å². The molecule has 3 rings (SSSR count). The molecule has 0 aromatic heterocycles. The number of carbonyl (C=O) groups excluding carboxylic acids is 1. The zero-order chi connectivity index (χ0) is 17.2. The first-order valence-electron chi connectivity index (χ1n) is 8.67. The summed E-state index contributed by atoms with van der Waals surface area (Å²) in [6.45, 7) is 8.87. The van der Waals surface area contributed by atoms with Crippen LogP contribution in [-0.4, -0.2) is 26.9 Å². The number of hydrogen-bond donors (Lipinski definition) is 0. The number of Topliss-reactive ketones (excluding diaryl/α,β-unsaturated/α-hetero) is 1. The molecule has 23 heavy (non-hydrogen) atoms. The third-order valence-corrected chi connectivity index (χ3v) is 6.70. The second-order valence-electron chi connectivity index (χ2n) is 9.13. The lowest BCUT2D eigenvalue weighted by molar-refractivity contribution is -0.125. The lowest BCUT2D eigenvalue weighted by Crippen LogP contribution is -2.34. The summed E-state index contributed by atoms with van der Waals surface area (Å²) in [5.74, 6) is 0.798. The molecule has 2 atom stereocenters. The molecule has 2 bridgehead atoms. The fraction of sp³-hybridized carbons (Fsp3) is 0.571. The van der Waals surface area contributed by atoms with Gasteiger partial charge in [-0.15, -0.1) is 0 Å². The average molecular weight is 312 g/mol. The van der Waals surface area contributed by atoms with Crippen molar-refractivity contribution in [3.8, 4) is 0 Å². The third kappa shape index (κ3) is 2.22. The number of rotatable bonds is 2. The number of benzene rings is 1. The lowest BCUT2D eigenvalue weighted by atomic mass is 9.70. The largest absolute Gasteiger partial charge is 0.298 e. The Bertz CT molecular complexity index is 705. The van der Waals surface area contributed by atoms with Gasteiger partial charge in [0.25, 0.3) is 0 Å². The minimum Gasteiger partial charge on any atom is -0.298 e. The minimum atomic E-state index is -0.167. The smallest absolute Gasteiger partial charge is 0.165 e. The predicted molar refractivity (Wildman–Crippen MR) is 98.3 cm³/mol. The van der Waals surface area contributed by atoms with E-state index in [-0.39, 0.29) is 10.8 Å². The first-order chi connectivity index (χ1) is 10.5. The molecule has 2 nitrogen and oxygen atoms in total. The maximum absolute atomic E-state index is 13.0. The number of fused-ring (bicyclic) bond motifs is 2. The van der Waals surface area contributed by atoms with E-state index in [9.17, 15) is 4.79 Å². The van der Waals surface area contributed by atoms with Gasteiger partial charge in [0.2, 0.25) is 0 Å². The van der Waals surface area contributed by atoms with Crippen molar-refractivity contribution in [2.24, 2.45) is 16.7 Å². The van der Waals surface area contributed by atoms with Crippen LogP contribution < -0.4 is 4.48 Å². The Morgan fingerprint density at radius 2 is 1.83 bits per heavy atom. The molecule has 0 saturated heterocycles. The normalized spacial score (nSPS) is 31.2. The van der Waals surface area contributed by atoms with Gasteiger partial charge in [-0.3, -0.25) is 9.28 Å². The van der Waals surface area contributed by atoms with Crippen LogP contribution in [0, 0.1) is 23.7 Å². The first-order valence-corrected chi connectivity index (χ1v) is 8.67. The number of ketones is 1. The fourth-order valence-electron chi connectivity index (χ4n) is 4.50. The Kier molecular flexibility index (Phi) is 3.43. The summed E-state index contributed by atoms with van der Waals surface area (Å²) in [7, 11) is 6.53. The molecule has 1 aromatic rings. The van der Waals surface area contributed by atoms with E-state index in [1.807, 2.05) is 0 Å². The van der Waals surface area contributed by atoms with Crippen molar-refractivity contribution < 1.29 is 4.79 Å². The van der Waals surface area contributed by atoms with Crippen molar-refractivity contribution in [3.05, 3.63) is 34.9 Å². The number of carbonyl (C=O) groups is 1. The summed E-state index contributed by atoms with van der Waals surface area (Å²) in [6.07, 6.45) is 4.37. The maximum atomic E-state index is 13.0. The van der Waals surface area contributed by atoms with E-state index in [1.54, 1.807) is 0 Å². The van der Waals surface area contributed by atoms with Crippen LogP contribution in [0.3, 0.4) is 0 Å². The average Bonchev–Trinajstić information content (AvgIpc) is 2.74. The molecule has 2 aliphatic carbocycles. The standard InChI is InChI=1S/C21H30NO/c1-14-12-16(22(5,6)7)9-8-15(14)13-17-18-10-11-21(4,19(17)23)20(18,2)3/h8-9,12-13,18H,10-11H2,1-7H3/q+1. The number of quaternary nitrogens is 1. The van der Waals surface area contributed by atoms with Crippen LogP contribution in [0.25, 0.3) is 6.08 Å². The van der Waals surface area contributed by atoms with E-state index in [4.69, 9.17) is 0 Å². The Hall–Kier alpha value is -1.41. The summed E-state index contributed by atoms with van der Waals surface area (Å²) in [6, 6.07) is 6.61. The molecule has 1 aromatic carbocycles. The molecule has 0 spiro atoms. The van der Waals surface area contributed by atoms with E-state index in [0.717, 1.165) is 22.9 Å². The summed E-state index contributed by atoms with van der Waals surface area (Å²) in [4.78, 5) is 13.0. The number of allylic oxidation sites excluding steroid dienone is 1. The molecule has 0 aliphatic heterocycles. The van der Waals surface area contributed by atoms with Gasteiger partial charge < -0.3 is 0 Å². The first kappa shape index (κ1) is 16.4. The maximum Gasteiger partial charge on any atom is 0.165 e. The Morgan fingerprint density at radius 3 is 2.30 bits per heavy atom. The molecular formula is C21H30NO+. The van der Waals surface area contributed by atoms with Gasteiger partial charge in [-0.05, 0) is 66.0 Å². The minimum absolute atomic E-state index is 0.0893. The summed E-state index contributed by atoms with van der Waals surface area (Å²) in [5.41, 5.74) is 4.71. The summed E-state index contributed by atoms with van der Waals surface area (Å²) >= 11 is 0. The van der Waals surface area contributed by atoms with Crippen molar-refractivity contribution >= 4 is 17.5 Å². The van der Waals surface area contributed by atoms with Crippen LogP contribution in [0.5, 0.6) is 0 Å². The van der Waals surface area contributed by atoms with E-state index in [0.29, 0.717) is 11.7 Å². The van der Waals surface area contributed by atoms with Gasteiger partial charge in [-0.1, -0.05) is 20.8 Å². The van der Waals surface area contributed by atoms with E-state index in [2.05, 4.69) is 73.1 Å². The Morgan fingerprint density at radius 1 is 1.17 bits per heavy atom. The van der Waals surface area contributed by atoms with Crippen molar-refractivity contribution in [3.63, 3.8) is 0 Å². The van der Waals surface area contributed by atoms with Crippen LogP contribution >= 0.6 is 0 Å². The Balaban J connectivity index is 2.03. The van der Waals surface area contributed by atoms with Gasteiger partial charge in [0.1, 0.15) is 5.69 Å². The third-order valence-electron chi connectivity index (χ3n) is 6.70. The molecule has 0 N–H and O–H groups in total. The molecule has 2 unspecified atom stereocenters. The molecular weight excluding hydrogens is 282 g/mol. The molecule has 124 valence electrons. The van der Waals surface area contributed by atoms with Crippen LogP contribution in [0.4, 0.5) is 5.69 Å².